The lowest BCUT2D eigenvalue weighted by atomic mass is 9.98. The molecular weight excluding hydrogens is 484 g/mol. The Morgan fingerprint density at radius 1 is 1.11 bits per heavy atom. The number of nitrogens with one attached hydrogen (secondary N) is 1. The molecule has 2 heterocycles. The van der Waals surface area contributed by atoms with Gasteiger partial charge in [-0.15, -0.1) is 11.3 Å². The number of esters is 1. The summed E-state index contributed by atoms with van der Waals surface area (Å²) in [5.74, 6) is -1.34. The van der Waals surface area contributed by atoms with Crippen LogP contribution in [0.5, 0.6) is 0 Å². The molecule has 1 aliphatic heterocycles. The van der Waals surface area contributed by atoms with Crippen LogP contribution >= 0.6 is 11.3 Å². The maximum absolute atomic E-state index is 13.2. The van der Waals surface area contributed by atoms with Crippen LogP contribution in [0.3, 0.4) is 0 Å². The molecule has 9 heteroatoms. The number of carbonyl (C=O) groups is 2. The second-order valence-electron chi connectivity index (χ2n) is 8.44. The first-order valence-corrected chi connectivity index (χ1v) is 13.8. The van der Waals surface area contributed by atoms with E-state index in [-0.39, 0.29) is 24.0 Å². The number of hydrogen-bond acceptors (Lipinski definition) is 6. The van der Waals surface area contributed by atoms with E-state index in [1.807, 2.05) is 37.3 Å². The number of nitrogens with zero attached hydrogens (tertiary/aromatic N) is 1. The second-order valence-corrected chi connectivity index (χ2v) is 11.4. The number of hydrogen-bond donors (Lipinski definition) is 1. The molecule has 1 aromatic heterocycles. The zero-order valence-electron chi connectivity index (χ0n) is 19.7. The number of carbonyl (C=O) groups excluding carboxylic acids is 2. The molecule has 1 N–H and O–H groups in total. The zero-order valence-corrected chi connectivity index (χ0v) is 21.3. The summed E-state index contributed by atoms with van der Waals surface area (Å²) in [5, 5.41) is 2.88. The van der Waals surface area contributed by atoms with Crippen LogP contribution in [0.15, 0.2) is 65.6 Å². The van der Waals surface area contributed by atoms with Gasteiger partial charge in [0.25, 0.3) is 0 Å². The molecule has 0 saturated carbocycles. The summed E-state index contributed by atoms with van der Waals surface area (Å²) >= 11 is 1.26. The van der Waals surface area contributed by atoms with Crippen molar-refractivity contribution >= 4 is 38.9 Å². The van der Waals surface area contributed by atoms with Crippen LogP contribution in [0.4, 0.5) is 5.69 Å². The van der Waals surface area contributed by atoms with E-state index in [1.54, 1.807) is 37.3 Å². The number of benzene rings is 2. The maximum atomic E-state index is 13.2. The van der Waals surface area contributed by atoms with Crippen LogP contribution in [-0.2, 0) is 19.6 Å². The number of anilines is 1. The molecule has 0 bridgehead atoms. The normalized spacial score (nSPS) is 16.6. The fourth-order valence-corrected chi connectivity index (χ4v) is 6.58. The molecular formula is C26H28N2O5S2. The summed E-state index contributed by atoms with van der Waals surface area (Å²) in [5.41, 5.74) is 2.29. The molecule has 1 amide bonds. The average Bonchev–Trinajstić information content (AvgIpc) is 3.29. The first-order valence-electron chi connectivity index (χ1n) is 11.5. The zero-order chi connectivity index (χ0) is 25.0. The molecule has 0 aliphatic carbocycles. The average molecular weight is 513 g/mol. The van der Waals surface area contributed by atoms with Crippen molar-refractivity contribution in [2.75, 3.05) is 25.0 Å². The van der Waals surface area contributed by atoms with Gasteiger partial charge in [0.15, 0.2) is 0 Å². The van der Waals surface area contributed by atoms with Crippen LogP contribution in [0.25, 0.3) is 10.4 Å². The topological polar surface area (TPSA) is 92.8 Å². The van der Waals surface area contributed by atoms with Gasteiger partial charge >= 0.3 is 5.97 Å². The van der Waals surface area contributed by atoms with Gasteiger partial charge in [-0.2, -0.15) is 4.31 Å². The molecule has 35 heavy (non-hydrogen) atoms. The third kappa shape index (κ3) is 5.63. The Labute approximate surface area is 209 Å². The Morgan fingerprint density at radius 3 is 2.51 bits per heavy atom. The van der Waals surface area contributed by atoms with Crippen molar-refractivity contribution < 1.29 is 22.7 Å². The van der Waals surface area contributed by atoms with Gasteiger partial charge in [-0.3, -0.25) is 4.79 Å². The molecule has 3 aromatic rings. The largest absolute Gasteiger partial charge is 0.462 e. The first kappa shape index (κ1) is 25.1. The minimum absolute atomic E-state index is 0.0897. The first-order chi connectivity index (χ1) is 16.8. The highest BCUT2D eigenvalue weighted by molar-refractivity contribution is 7.89. The molecule has 0 radical (unpaired) electrons. The SMILES string of the molecule is CCOC(=O)c1sc(-c2ccccc2)cc1NC(=O)C1CCCN(S(=O)(=O)c2ccc(C)cc2)C1. The lowest BCUT2D eigenvalue weighted by Crippen LogP contribution is -2.43. The summed E-state index contributed by atoms with van der Waals surface area (Å²) in [6, 6.07) is 18.1. The summed E-state index contributed by atoms with van der Waals surface area (Å²) in [7, 11) is -3.70. The Morgan fingerprint density at radius 2 is 1.83 bits per heavy atom. The van der Waals surface area contributed by atoms with E-state index in [1.165, 1.54) is 15.6 Å². The monoisotopic (exact) mass is 512 g/mol. The van der Waals surface area contributed by atoms with Crippen molar-refractivity contribution in [1.82, 2.24) is 4.31 Å². The molecule has 1 fully saturated rings. The highest BCUT2D eigenvalue weighted by Gasteiger charge is 2.34. The Kier molecular flexibility index (Phi) is 7.69. The number of thiophene rings is 1. The minimum Gasteiger partial charge on any atom is -0.462 e. The predicted molar refractivity (Wildman–Crippen MR) is 137 cm³/mol. The Hall–Kier alpha value is -3.01. The van der Waals surface area contributed by atoms with E-state index >= 15 is 0 Å². The third-order valence-electron chi connectivity index (χ3n) is 5.92. The van der Waals surface area contributed by atoms with Crippen molar-refractivity contribution in [2.45, 2.75) is 31.6 Å². The summed E-state index contributed by atoms with van der Waals surface area (Å²) in [6.45, 7) is 4.30. The number of piperidine rings is 1. The van der Waals surface area contributed by atoms with E-state index in [0.717, 1.165) is 16.0 Å². The molecule has 184 valence electrons. The van der Waals surface area contributed by atoms with Gasteiger partial charge in [0.1, 0.15) is 4.88 Å². The van der Waals surface area contributed by atoms with Gasteiger partial charge in [0, 0.05) is 18.0 Å². The van der Waals surface area contributed by atoms with Crippen LogP contribution in [0.2, 0.25) is 0 Å². The molecule has 7 nitrogen and oxygen atoms in total. The van der Waals surface area contributed by atoms with Gasteiger partial charge in [-0.05, 0) is 50.5 Å². The van der Waals surface area contributed by atoms with E-state index in [2.05, 4.69) is 5.32 Å². The van der Waals surface area contributed by atoms with Crippen molar-refractivity contribution in [1.29, 1.82) is 0 Å². The number of sulfonamides is 1. The maximum Gasteiger partial charge on any atom is 0.350 e. The van der Waals surface area contributed by atoms with Crippen molar-refractivity contribution in [2.24, 2.45) is 5.92 Å². The molecule has 2 aromatic carbocycles. The number of aryl methyl sites for hydroxylation is 1. The van der Waals surface area contributed by atoms with Crippen LogP contribution in [0, 0.1) is 12.8 Å². The number of ether oxygens (including phenoxy) is 1. The molecule has 1 unspecified atom stereocenters. The highest BCUT2D eigenvalue weighted by atomic mass is 32.2. The van der Waals surface area contributed by atoms with Crippen molar-refractivity contribution in [3.05, 3.63) is 71.1 Å². The van der Waals surface area contributed by atoms with Gasteiger partial charge < -0.3 is 10.1 Å². The molecule has 0 spiro atoms. The summed E-state index contributed by atoms with van der Waals surface area (Å²) in [4.78, 5) is 27.2. The molecule has 1 aliphatic rings. The predicted octanol–water partition coefficient (Wildman–Crippen LogP) is 4.94. The van der Waals surface area contributed by atoms with E-state index in [4.69, 9.17) is 4.74 Å². The molecule has 1 atom stereocenters. The minimum atomic E-state index is -3.70. The lowest BCUT2D eigenvalue weighted by molar-refractivity contribution is -0.120. The van der Waals surface area contributed by atoms with Gasteiger partial charge in [0.2, 0.25) is 15.9 Å². The lowest BCUT2D eigenvalue weighted by Gasteiger charge is -2.31. The Balaban J connectivity index is 1.54. The van der Waals surface area contributed by atoms with Crippen LogP contribution in [-0.4, -0.2) is 44.3 Å². The Bertz CT molecular complexity index is 1300. The fraction of sp³-hybridized carbons (Fsp3) is 0.308. The van der Waals surface area contributed by atoms with Gasteiger partial charge in [-0.1, -0.05) is 48.0 Å². The van der Waals surface area contributed by atoms with Gasteiger partial charge in [-0.25, -0.2) is 13.2 Å². The van der Waals surface area contributed by atoms with Crippen molar-refractivity contribution in [3.8, 4) is 10.4 Å². The number of amides is 1. The summed E-state index contributed by atoms with van der Waals surface area (Å²) < 4.78 is 32.8. The van der Waals surface area contributed by atoms with E-state index in [0.29, 0.717) is 30.0 Å². The second kappa shape index (κ2) is 10.7. The fourth-order valence-electron chi connectivity index (χ4n) is 4.05. The quantitative estimate of drug-likeness (QED) is 0.453. The summed E-state index contributed by atoms with van der Waals surface area (Å²) in [6.07, 6.45) is 1.14. The molecule has 1 saturated heterocycles. The standard InChI is InChI=1S/C26H28N2O5S2/c1-3-33-26(30)24-22(16-23(34-24)19-8-5-4-6-9-19)27-25(29)20-10-7-15-28(17-20)35(31,32)21-13-11-18(2)12-14-21/h4-6,8-9,11-14,16,20H,3,7,10,15,17H2,1-2H3,(H,27,29). The smallest absolute Gasteiger partial charge is 0.350 e. The van der Waals surface area contributed by atoms with Crippen LogP contribution in [0.1, 0.15) is 35.0 Å². The van der Waals surface area contributed by atoms with Crippen molar-refractivity contribution in [3.63, 3.8) is 0 Å². The van der Waals surface area contributed by atoms with E-state index in [9.17, 15) is 18.0 Å². The van der Waals surface area contributed by atoms with E-state index < -0.39 is 21.9 Å². The van der Waals surface area contributed by atoms with Crippen LogP contribution < -0.4 is 5.32 Å². The number of rotatable bonds is 7. The highest BCUT2D eigenvalue weighted by Crippen LogP contribution is 2.36. The third-order valence-corrected chi connectivity index (χ3v) is 8.97. The molecule has 4 rings (SSSR count). The van der Waals surface area contributed by atoms with Gasteiger partial charge in [0.05, 0.1) is 23.1 Å².